The molecule has 1 amide bonds. The number of fused-ring (bicyclic) bond motifs is 1. The van der Waals surface area contributed by atoms with E-state index in [1.165, 1.54) is 5.56 Å². The number of hydrogen-bond donors (Lipinski definition) is 2. The molecule has 0 aliphatic carbocycles. The van der Waals surface area contributed by atoms with Crippen molar-refractivity contribution < 1.29 is 4.79 Å². The Balaban J connectivity index is 2.44. The van der Waals surface area contributed by atoms with Gasteiger partial charge in [0.15, 0.2) is 0 Å². The van der Waals surface area contributed by atoms with Crippen LogP contribution >= 0.6 is 0 Å². The van der Waals surface area contributed by atoms with E-state index >= 15 is 0 Å². The van der Waals surface area contributed by atoms with Gasteiger partial charge in [-0.2, -0.15) is 0 Å². The summed E-state index contributed by atoms with van der Waals surface area (Å²) in [4.78, 5) is 18.8. The van der Waals surface area contributed by atoms with Crippen molar-refractivity contribution in [1.82, 2.24) is 15.2 Å². The van der Waals surface area contributed by atoms with Gasteiger partial charge in [-0.05, 0) is 52.5 Å². The minimum absolute atomic E-state index is 0.117. The molecule has 0 bridgehead atoms. The summed E-state index contributed by atoms with van der Waals surface area (Å²) >= 11 is 0. The summed E-state index contributed by atoms with van der Waals surface area (Å²) in [7, 11) is 5.76. The van der Waals surface area contributed by atoms with Gasteiger partial charge in [-0.3, -0.25) is 9.78 Å². The molecule has 2 N–H and O–H groups in total. The molecule has 0 atom stereocenters. The van der Waals surface area contributed by atoms with Crippen molar-refractivity contribution in [1.29, 1.82) is 0 Å². The molecular weight excluding hydrogens is 288 g/mol. The first-order chi connectivity index (χ1) is 10.9. The van der Waals surface area contributed by atoms with E-state index in [0.717, 1.165) is 41.7 Å². The van der Waals surface area contributed by atoms with Crippen LogP contribution in [0.25, 0.3) is 10.9 Å². The zero-order chi connectivity index (χ0) is 17.0. The van der Waals surface area contributed by atoms with Crippen LogP contribution in [0.1, 0.15) is 27.9 Å². The molecular formula is C18H26N4O. The normalized spacial score (nSPS) is 11.0. The highest BCUT2D eigenvalue weighted by Gasteiger charge is 2.15. The van der Waals surface area contributed by atoms with Gasteiger partial charge in [0, 0.05) is 25.2 Å². The van der Waals surface area contributed by atoms with Crippen LogP contribution in [-0.2, 0) is 0 Å². The van der Waals surface area contributed by atoms with E-state index in [2.05, 4.69) is 60.6 Å². The second kappa shape index (κ2) is 7.42. The first-order valence-corrected chi connectivity index (χ1v) is 7.94. The number of anilines is 1. The maximum Gasteiger partial charge on any atom is 0.254 e. The van der Waals surface area contributed by atoms with Gasteiger partial charge in [0.2, 0.25) is 0 Å². The predicted octanol–water partition coefficient (Wildman–Crippen LogP) is 2.57. The number of carbonyl (C=O) groups excluding carboxylic acids is 1. The van der Waals surface area contributed by atoms with Crippen molar-refractivity contribution in [3.63, 3.8) is 0 Å². The maximum atomic E-state index is 12.2. The highest BCUT2D eigenvalue weighted by Crippen LogP contribution is 2.29. The molecule has 124 valence electrons. The Labute approximate surface area is 138 Å². The lowest BCUT2D eigenvalue weighted by atomic mass is 10.0. The molecule has 0 spiro atoms. The van der Waals surface area contributed by atoms with E-state index in [1.54, 1.807) is 13.2 Å². The molecule has 0 unspecified atom stereocenters. The lowest BCUT2D eigenvalue weighted by Gasteiger charge is -2.16. The molecule has 5 heteroatoms. The Hall–Kier alpha value is -2.14. The summed E-state index contributed by atoms with van der Waals surface area (Å²) < 4.78 is 0. The molecule has 0 fully saturated rings. The molecule has 1 aromatic carbocycles. The molecule has 1 heterocycles. The summed E-state index contributed by atoms with van der Waals surface area (Å²) in [5, 5.41) is 7.16. The number of pyridine rings is 1. The first kappa shape index (κ1) is 17.2. The Bertz CT molecular complexity index is 710. The number of amides is 1. The fourth-order valence-electron chi connectivity index (χ4n) is 2.77. The third-order valence-electron chi connectivity index (χ3n) is 3.86. The van der Waals surface area contributed by atoms with Crippen LogP contribution in [0.15, 0.2) is 18.3 Å². The van der Waals surface area contributed by atoms with Gasteiger partial charge >= 0.3 is 0 Å². The fraction of sp³-hybridized carbons (Fsp3) is 0.444. The van der Waals surface area contributed by atoms with Gasteiger partial charge in [-0.15, -0.1) is 0 Å². The van der Waals surface area contributed by atoms with Crippen molar-refractivity contribution in [3.05, 3.63) is 35.0 Å². The number of aromatic nitrogens is 1. The van der Waals surface area contributed by atoms with E-state index in [9.17, 15) is 4.79 Å². The monoisotopic (exact) mass is 314 g/mol. The van der Waals surface area contributed by atoms with Gasteiger partial charge in [0.1, 0.15) is 0 Å². The van der Waals surface area contributed by atoms with Crippen LogP contribution in [0.3, 0.4) is 0 Å². The number of benzene rings is 1. The van der Waals surface area contributed by atoms with Gasteiger partial charge < -0.3 is 15.5 Å². The average molecular weight is 314 g/mol. The first-order valence-electron chi connectivity index (χ1n) is 7.94. The molecule has 0 saturated carbocycles. The number of hydrogen-bond acceptors (Lipinski definition) is 4. The zero-order valence-corrected chi connectivity index (χ0v) is 14.7. The smallest absolute Gasteiger partial charge is 0.254 e. The summed E-state index contributed by atoms with van der Waals surface area (Å²) in [6, 6.07) is 4.21. The second-order valence-electron chi connectivity index (χ2n) is 6.19. The van der Waals surface area contributed by atoms with Crippen LogP contribution in [-0.4, -0.2) is 50.0 Å². The van der Waals surface area contributed by atoms with E-state index in [-0.39, 0.29) is 5.91 Å². The molecule has 0 aliphatic rings. The van der Waals surface area contributed by atoms with Crippen molar-refractivity contribution in [2.24, 2.45) is 0 Å². The van der Waals surface area contributed by atoms with Crippen molar-refractivity contribution in [2.45, 2.75) is 20.3 Å². The van der Waals surface area contributed by atoms with Crippen LogP contribution in [0.5, 0.6) is 0 Å². The van der Waals surface area contributed by atoms with Gasteiger partial charge in [-0.25, -0.2) is 0 Å². The predicted molar refractivity (Wildman–Crippen MR) is 96.3 cm³/mol. The molecule has 0 saturated heterocycles. The number of nitrogens with zero attached hydrogens (tertiary/aromatic N) is 2. The summed E-state index contributed by atoms with van der Waals surface area (Å²) in [5.74, 6) is -0.117. The van der Waals surface area contributed by atoms with Gasteiger partial charge in [0.25, 0.3) is 5.91 Å². The largest absolute Gasteiger partial charge is 0.384 e. The Kier molecular flexibility index (Phi) is 5.55. The Morgan fingerprint density at radius 1 is 1.26 bits per heavy atom. The lowest BCUT2D eigenvalue weighted by Crippen LogP contribution is -2.21. The highest BCUT2D eigenvalue weighted by molar-refractivity contribution is 6.07. The average Bonchev–Trinajstić information content (AvgIpc) is 2.50. The van der Waals surface area contributed by atoms with Crippen molar-refractivity contribution in [3.8, 4) is 0 Å². The molecule has 1 aromatic heterocycles. The molecule has 0 radical (unpaired) electrons. The number of carbonyl (C=O) groups is 1. The topological polar surface area (TPSA) is 57.3 Å². The van der Waals surface area contributed by atoms with Crippen molar-refractivity contribution in [2.75, 3.05) is 39.5 Å². The summed E-state index contributed by atoms with van der Waals surface area (Å²) in [6.07, 6.45) is 2.67. The lowest BCUT2D eigenvalue weighted by molar-refractivity contribution is 0.0963. The molecule has 0 aliphatic heterocycles. The third-order valence-corrected chi connectivity index (χ3v) is 3.86. The molecule has 5 nitrogen and oxygen atoms in total. The van der Waals surface area contributed by atoms with Crippen molar-refractivity contribution >= 4 is 22.5 Å². The standard InChI is InChI=1S/C18H26N4O/c1-12-9-13(2)16-14(10-12)17(20-7-6-8-22(4)5)15(11-21-16)18(23)19-3/h9-11H,6-8H2,1-5H3,(H,19,23)(H,20,21). The molecule has 2 rings (SSSR count). The van der Waals surface area contributed by atoms with Crippen LogP contribution < -0.4 is 10.6 Å². The number of rotatable bonds is 6. The summed E-state index contributed by atoms with van der Waals surface area (Å²) in [6.45, 7) is 5.93. The minimum Gasteiger partial charge on any atom is -0.384 e. The SMILES string of the molecule is CNC(=O)c1cnc2c(C)cc(C)cc2c1NCCCN(C)C. The van der Waals surface area contributed by atoms with Gasteiger partial charge in [0.05, 0.1) is 16.8 Å². The van der Waals surface area contributed by atoms with Gasteiger partial charge in [-0.1, -0.05) is 11.6 Å². The maximum absolute atomic E-state index is 12.2. The quantitative estimate of drug-likeness (QED) is 0.805. The zero-order valence-electron chi connectivity index (χ0n) is 14.7. The highest BCUT2D eigenvalue weighted by atomic mass is 16.1. The van der Waals surface area contributed by atoms with Crippen LogP contribution in [0, 0.1) is 13.8 Å². The number of aryl methyl sites for hydroxylation is 2. The Morgan fingerprint density at radius 3 is 2.65 bits per heavy atom. The third kappa shape index (κ3) is 3.99. The number of nitrogens with one attached hydrogen (secondary N) is 2. The van der Waals surface area contributed by atoms with Crippen LogP contribution in [0.4, 0.5) is 5.69 Å². The second-order valence-corrected chi connectivity index (χ2v) is 6.19. The fourth-order valence-corrected chi connectivity index (χ4v) is 2.77. The van der Waals surface area contributed by atoms with E-state index in [4.69, 9.17) is 0 Å². The van der Waals surface area contributed by atoms with E-state index in [0.29, 0.717) is 5.56 Å². The van der Waals surface area contributed by atoms with Crippen LogP contribution in [0.2, 0.25) is 0 Å². The molecule has 2 aromatic rings. The Morgan fingerprint density at radius 2 is 2.00 bits per heavy atom. The van der Waals surface area contributed by atoms with E-state index in [1.807, 2.05) is 0 Å². The minimum atomic E-state index is -0.117. The molecule has 23 heavy (non-hydrogen) atoms. The summed E-state index contributed by atoms with van der Waals surface area (Å²) in [5.41, 5.74) is 4.70. The van der Waals surface area contributed by atoms with E-state index < -0.39 is 0 Å².